The molecule has 1 aromatic carbocycles. The molecule has 2 rings (SSSR count). The van der Waals surface area contributed by atoms with Gasteiger partial charge in [-0.05, 0) is 25.0 Å². The maximum absolute atomic E-state index is 11.6. The Labute approximate surface area is 109 Å². The fourth-order valence-electron chi connectivity index (χ4n) is 2.20. The summed E-state index contributed by atoms with van der Waals surface area (Å²) in [5.41, 5.74) is -0.0199. The number of carboxylic acid groups (broad SMARTS) is 1. The van der Waals surface area contributed by atoms with Crippen LogP contribution in [-0.4, -0.2) is 24.3 Å². The number of benzene rings is 1. The van der Waals surface area contributed by atoms with E-state index in [-0.39, 0.29) is 0 Å². The van der Waals surface area contributed by atoms with E-state index in [1.807, 2.05) is 24.3 Å². The van der Waals surface area contributed by atoms with Gasteiger partial charge in [0, 0.05) is 10.4 Å². The van der Waals surface area contributed by atoms with Crippen LogP contribution in [0, 0.1) is 5.92 Å². The monoisotopic (exact) mass is 298 g/mol. The number of ether oxygens (including phenoxy) is 1. The van der Waals surface area contributed by atoms with Gasteiger partial charge in [-0.15, -0.1) is 0 Å². The number of carboxylic acids is 1. The summed E-state index contributed by atoms with van der Waals surface area (Å²) in [5.74, 6) is -0.431. The van der Waals surface area contributed by atoms with Gasteiger partial charge in [0.15, 0.2) is 0 Å². The molecule has 0 aliphatic carbocycles. The van der Waals surface area contributed by atoms with Crippen molar-refractivity contribution in [2.75, 3.05) is 13.2 Å². The van der Waals surface area contributed by atoms with Gasteiger partial charge in [-0.2, -0.15) is 0 Å². The van der Waals surface area contributed by atoms with E-state index < -0.39 is 11.4 Å². The van der Waals surface area contributed by atoms with E-state index in [4.69, 9.17) is 4.74 Å². The number of halogens is 1. The van der Waals surface area contributed by atoms with E-state index in [1.165, 1.54) is 0 Å². The number of hydrogen-bond acceptors (Lipinski definition) is 2. The molecule has 1 atom stereocenters. The molecule has 1 aliphatic heterocycles. The molecule has 1 saturated heterocycles. The van der Waals surface area contributed by atoms with E-state index in [9.17, 15) is 9.90 Å². The van der Waals surface area contributed by atoms with Crippen LogP contribution in [0.25, 0.3) is 0 Å². The van der Waals surface area contributed by atoms with Gasteiger partial charge in [0.2, 0.25) is 0 Å². The van der Waals surface area contributed by atoms with Crippen molar-refractivity contribution >= 4 is 21.9 Å². The van der Waals surface area contributed by atoms with E-state index in [0.29, 0.717) is 25.6 Å². The Bertz CT molecular complexity index is 428. The highest BCUT2D eigenvalue weighted by Gasteiger charge is 2.40. The highest BCUT2D eigenvalue weighted by Crippen LogP contribution is 2.37. The third-order valence-electron chi connectivity index (χ3n) is 3.34. The summed E-state index contributed by atoms with van der Waals surface area (Å²) in [6.45, 7) is 3.13. The minimum absolute atomic E-state index is 0.350. The fraction of sp³-hybridized carbons (Fsp3) is 0.462. The van der Waals surface area contributed by atoms with Crippen molar-refractivity contribution < 1.29 is 14.6 Å². The van der Waals surface area contributed by atoms with Gasteiger partial charge < -0.3 is 9.84 Å². The predicted octanol–water partition coefficient (Wildman–Crippen LogP) is 2.83. The first kappa shape index (κ1) is 12.6. The first-order valence-corrected chi connectivity index (χ1v) is 6.39. The Morgan fingerprint density at radius 1 is 1.53 bits per heavy atom. The van der Waals surface area contributed by atoms with Crippen LogP contribution in [-0.2, 0) is 14.9 Å². The van der Waals surface area contributed by atoms with Crippen molar-refractivity contribution in [3.8, 4) is 0 Å². The highest BCUT2D eigenvalue weighted by molar-refractivity contribution is 9.10. The number of rotatable bonds is 4. The standard InChI is InChI=1S/C13H15BrO3/c1-13(12(15)16,6-9-7-17-8-9)10-4-2-3-5-11(10)14/h2-5,9H,6-8H2,1H3,(H,15,16). The van der Waals surface area contributed by atoms with Gasteiger partial charge in [-0.3, -0.25) is 4.79 Å². The summed E-state index contributed by atoms with van der Waals surface area (Å²) >= 11 is 3.44. The summed E-state index contributed by atoms with van der Waals surface area (Å²) < 4.78 is 5.97. The van der Waals surface area contributed by atoms with Gasteiger partial charge in [-0.25, -0.2) is 0 Å². The second-order valence-corrected chi connectivity index (χ2v) is 5.58. The molecule has 1 unspecified atom stereocenters. The van der Waals surface area contributed by atoms with Gasteiger partial charge >= 0.3 is 5.97 Å². The highest BCUT2D eigenvalue weighted by atomic mass is 79.9. The van der Waals surface area contributed by atoms with Crippen LogP contribution in [0.2, 0.25) is 0 Å². The van der Waals surface area contributed by atoms with Crippen LogP contribution in [0.15, 0.2) is 28.7 Å². The molecule has 17 heavy (non-hydrogen) atoms. The lowest BCUT2D eigenvalue weighted by atomic mass is 9.75. The smallest absolute Gasteiger partial charge is 0.313 e. The summed E-state index contributed by atoms with van der Waals surface area (Å²) in [4.78, 5) is 11.6. The van der Waals surface area contributed by atoms with Crippen LogP contribution in [0.1, 0.15) is 18.9 Å². The summed E-state index contributed by atoms with van der Waals surface area (Å²) in [5, 5.41) is 9.52. The van der Waals surface area contributed by atoms with Gasteiger partial charge in [-0.1, -0.05) is 34.1 Å². The molecule has 0 aromatic heterocycles. The average Bonchev–Trinajstić information content (AvgIpc) is 2.23. The lowest BCUT2D eigenvalue weighted by molar-refractivity contribution is -0.146. The zero-order valence-electron chi connectivity index (χ0n) is 9.65. The van der Waals surface area contributed by atoms with Crippen molar-refractivity contribution in [2.24, 2.45) is 5.92 Å². The summed E-state index contributed by atoms with van der Waals surface area (Å²) in [6, 6.07) is 7.52. The van der Waals surface area contributed by atoms with E-state index in [2.05, 4.69) is 15.9 Å². The summed E-state index contributed by atoms with van der Waals surface area (Å²) in [6.07, 6.45) is 0.616. The van der Waals surface area contributed by atoms with Gasteiger partial charge in [0.1, 0.15) is 0 Å². The minimum atomic E-state index is -0.853. The molecule has 0 saturated carbocycles. The lowest BCUT2D eigenvalue weighted by Crippen LogP contribution is -2.40. The molecule has 1 heterocycles. The van der Waals surface area contributed by atoms with Crippen LogP contribution < -0.4 is 0 Å². The van der Waals surface area contributed by atoms with Crippen molar-refractivity contribution in [3.63, 3.8) is 0 Å². The first-order chi connectivity index (χ1) is 8.04. The predicted molar refractivity (Wildman–Crippen MR) is 68.1 cm³/mol. The summed E-state index contributed by atoms with van der Waals surface area (Å²) in [7, 11) is 0. The molecule has 92 valence electrons. The third kappa shape index (κ3) is 2.38. The SMILES string of the molecule is CC(CC1COC1)(C(=O)O)c1ccccc1Br. The molecule has 1 aliphatic rings. The van der Waals surface area contributed by atoms with Crippen molar-refractivity contribution in [1.29, 1.82) is 0 Å². The number of carbonyl (C=O) groups is 1. The van der Waals surface area contributed by atoms with Crippen molar-refractivity contribution in [3.05, 3.63) is 34.3 Å². The largest absolute Gasteiger partial charge is 0.481 e. The van der Waals surface area contributed by atoms with Crippen LogP contribution in [0.5, 0.6) is 0 Å². The second-order valence-electron chi connectivity index (χ2n) is 4.72. The Kier molecular flexibility index (Phi) is 3.54. The molecule has 0 radical (unpaired) electrons. The Hall–Kier alpha value is -0.870. The molecule has 1 N–H and O–H groups in total. The average molecular weight is 299 g/mol. The number of aliphatic carboxylic acids is 1. The Morgan fingerprint density at radius 3 is 2.65 bits per heavy atom. The maximum atomic E-state index is 11.6. The quantitative estimate of drug-likeness (QED) is 0.930. The molecule has 1 fully saturated rings. The van der Waals surface area contributed by atoms with Crippen LogP contribution in [0.3, 0.4) is 0 Å². The molecule has 1 aromatic rings. The number of hydrogen-bond donors (Lipinski definition) is 1. The Morgan fingerprint density at radius 2 is 2.18 bits per heavy atom. The van der Waals surface area contributed by atoms with Gasteiger partial charge in [0.25, 0.3) is 0 Å². The lowest BCUT2D eigenvalue weighted by Gasteiger charge is -2.34. The first-order valence-electron chi connectivity index (χ1n) is 5.60. The maximum Gasteiger partial charge on any atom is 0.313 e. The molecular formula is C13H15BrO3. The van der Waals surface area contributed by atoms with Crippen LogP contribution in [0.4, 0.5) is 0 Å². The van der Waals surface area contributed by atoms with Crippen LogP contribution >= 0.6 is 15.9 Å². The van der Waals surface area contributed by atoms with E-state index in [0.717, 1.165) is 10.0 Å². The molecule has 0 spiro atoms. The minimum Gasteiger partial charge on any atom is -0.481 e. The molecule has 0 bridgehead atoms. The second kappa shape index (κ2) is 4.78. The fourth-order valence-corrected chi connectivity index (χ4v) is 2.92. The molecule has 0 amide bonds. The molecule has 3 nitrogen and oxygen atoms in total. The van der Waals surface area contributed by atoms with Gasteiger partial charge in [0.05, 0.1) is 18.6 Å². The molecular weight excluding hydrogens is 284 g/mol. The third-order valence-corrected chi connectivity index (χ3v) is 4.04. The normalized spacial score (nSPS) is 19.4. The zero-order chi connectivity index (χ0) is 12.5. The zero-order valence-corrected chi connectivity index (χ0v) is 11.2. The van der Waals surface area contributed by atoms with Crippen molar-refractivity contribution in [2.45, 2.75) is 18.8 Å². The van der Waals surface area contributed by atoms with Crippen molar-refractivity contribution in [1.82, 2.24) is 0 Å². The van der Waals surface area contributed by atoms with E-state index >= 15 is 0 Å². The van der Waals surface area contributed by atoms with E-state index in [1.54, 1.807) is 6.92 Å². The molecule has 4 heteroatoms. The topological polar surface area (TPSA) is 46.5 Å². The Balaban J connectivity index is 2.33.